The number of rotatable bonds is 2. The van der Waals surface area contributed by atoms with Crippen molar-refractivity contribution in [2.24, 2.45) is 0 Å². The smallest absolute Gasteiger partial charge is 0.132 e. The average Bonchev–Trinajstić information content (AvgIpc) is 2.29. The van der Waals surface area contributed by atoms with Crippen molar-refractivity contribution in [3.63, 3.8) is 0 Å². The van der Waals surface area contributed by atoms with Gasteiger partial charge in [0.15, 0.2) is 0 Å². The first-order valence-corrected chi connectivity index (χ1v) is 5.31. The summed E-state index contributed by atoms with van der Waals surface area (Å²) in [5.41, 5.74) is 9.02. The number of aryl methyl sites for hydroxylation is 2. The van der Waals surface area contributed by atoms with Gasteiger partial charge in [-0.3, -0.25) is 0 Å². The van der Waals surface area contributed by atoms with Crippen LogP contribution < -0.4 is 11.1 Å². The van der Waals surface area contributed by atoms with Crippen LogP contribution in [-0.4, -0.2) is 4.98 Å². The third-order valence-corrected chi connectivity index (χ3v) is 2.61. The molecule has 0 saturated carbocycles. The van der Waals surface area contributed by atoms with Crippen molar-refractivity contribution in [2.75, 3.05) is 11.1 Å². The molecule has 0 atom stereocenters. The molecule has 3 N–H and O–H groups in total. The van der Waals surface area contributed by atoms with E-state index in [9.17, 15) is 4.39 Å². The Morgan fingerprint density at radius 3 is 2.65 bits per heavy atom. The van der Waals surface area contributed by atoms with Crippen molar-refractivity contribution in [1.82, 2.24) is 4.98 Å². The molecule has 1 aromatic heterocycles. The minimum Gasteiger partial charge on any atom is -0.398 e. The van der Waals surface area contributed by atoms with Crippen molar-refractivity contribution in [3.05, 3.63) is 47.4 Å². The van der Waals surface area contributed by atoms with E-state index in [0.29, 0.717) is 17.2 Å². The maximum absolute atomic E-state index is 13.1. The minimum atomic E-state index is -0.279. The quantitative estimate of drug-likeness (QED) is 0.834. The number of hydrogen-bond donors (Lipinski definition) is 2. The Balaban J connectivity index is 2.31. The molecule has 0 bridgehead atoms. The van der Waals surface area contributed by atoms with E-state index < -0.39 is 0 Å². The highest BCUT2D eigenvalue weighted by Gasteiger charge is 2.03. The van der Waals surface area contributed by atoms with Crippen LogP contribution in [0.4, 0.5) is 21.6 Å². The summed E-state index contributed by atoms with van der Waals surface area (Å²) in [6.07, 6.45) is 1.69. The van der Waals surface area contributed by atoms with Crippen molar-refractivity contribution in [3.8, 4) is 0 Å². The number of nitrogens with two attached hydrogens (primary N) is 1. The molecule has 0 aliphatic carbocycles. The normalized spacial score (nSPS) is 10.3. The van der Waals surface area contributed by atoms with Crippen LogP contribution in [0.15, 0.2) is 30.5 Å². The van der Waals surface area contributed by atoms with Gasteiger partial charge in [-0.05, 0) is 37.1 Å². The second kappa shape index (κ2) is 4.41. The van der Waals surface area contributed by atoms with Crippen molar-refractivity contribution < 1.29 is 4.39 Å². The van der Waals surface area contributed by atoms with Crippen LogP contribution >= 0.6 is 0 Å². The molecule has 3 nitrogen and oxygen atoms in total. The van der Waals surface area contributed by atoms with E-state index in [2.05, 4.69) is 10.3 Å². The molecule has 4 heteroatoms. The van der Waals surface area contributed by atoms with E-state index in [0.717, 1.165) is 11.1 Å². The lowest BCUT2D eigenvalue weighted by Gasteiger charge is -2.10. The zero-order valence-corrected chi connectivity index (χ0v) is 9.79. The molecule has 0 spiro atoms. The van der Waals surface area contributed by atoms with Gasteiger partial charge in [-0.15, -0.1) is 0 Å². The third kappa shape index (κ3) is 2.53. The molecule has 0 saturated heterocycles. The molecule has 2 rings (SSSR count). The van der Waals surface area contributed by atoms with Gasteiger partial charge in [-0.2, -0.15) is 0 Å². The largest absolute Gasteiger partial charge is 0.398 e. The number of benzene rings is 1. The molecule has 0 radical (unpaired) electrons. The van der Waals surface area contributed by atoms with E-state index in [-0.39, 0.29) is 5.82 Å². The molecular weight excluding hydrogens is 217 g/mol. The van der Waals surface area contributed by atoms with Crippen LogP contribution in [0.1, 0.15) is 11.1 Å². The maximum Gasteiger partial charge on any atom is 0.132 e. The lowest BCUT2D eigenvalue weighted by Crippen LogP contribution is -1.99. The van der Waals surface area contributed by atoms with E-state index >= 15 is 0 Å². The van der Waals surface area contributed by atoms with Crippen LogP contribution in [0.2, 0.25) is 0 Å². The van der Waals surface area contributed by atoms with E-state index in [4.69, 9.17) is 5.73 Å². The fraction of sp³-hybridized carbons (Fsp3) is 0.154. The van der Waals surface area contributed by atoms with Gasteiger partial charge in [0, 0.05) is 23.6 Å². The fourth-order valence-electron chi connectivity index (χ4n) is 1.47. The summed E-state index contributed by atoms with van der Waals surface area (Å²) in [5.74, 6) is 0.333. The van der Waals surface area contributed by atoms with E-state index in [1.54, 1.807) is 18.3 Å². The predicted octanol–water partition coefficient (Wildman–Crippen LogP) is 3.16. The summed E-state index contributed by atoms with van der Waals surface area (Å²) < 4.78 is 13.1. The molecule has 0 unspecified atom stereocenters. The van der Waals surface area contributed by atoms with Crippen LogP contribution in [0.5, 0.6) is 0 Å². The number of hydrogen-bond acceptors (Lipinski definition) is 3. The minimum absolute atomic E-state index is 0.279. The summed E-state index contributed by atoms with van der Waals surface area (Å²) in [6.45, 7) is 3.79. The zero-order valence-electron chi connectivity index (χ0n) is 9.79. The molecule has 0 aliphatic heterocycles. The van der Waals surface area contributed by atoms with Gasteiger partial charge in [0.2, 0.25) is 0 Å². The van der Waals surface area contributed by atoms with Crippen molar-refractivity contribution in [2.45, 2.75) is 13.8 Å². The van der Waals surface area contributed by atoms with Crippen LogP contribution in [0.25, 0.3) is 0 Å². The van der Waals surface area contributed by atoms with Gasteiger partial charge in [-0.1, -0.05) is 6.07 Å². The summed E-state index contributed by atoms with van der Waals surface area (Å²) in [6, 6.07) is 6.32. The second-order valence-electron chi connectivity index (χ2n) is 4.01. The highest BCUT2D eigenvalue weighted by Crippen LogP contribution is 2.22. The number of halogens is 1. The standard InChI is InChI=1S/C13H14FN3/c1-8-3-4-10(14)5-12(8)17-13-6-11(15)9(2)7-16-13/h3-7H,1-2H3,(H3,15,16,17). The van der Waals surface area contributed by atoms with Gasteiger partial charge >= 0.3 is 0 Å². The van der Waals surface area contributed by atoms with Crippen LogP contribution in [-0.2, 0) is 0 Å². The first-order valence-electron chi connectivity index (χ1n) is 5.31. The van der Waals surface area contributed by atoms with E-state index in [1.807, 2.05) is 13.8 Å². The van der Waals surface area contributed by atoms with Gasteiger partial charge in [-0.25, -0.2) is 9.37 Å². The highest BCUT2D eigenvalue weighted by atomic mass is 19.1. The third-order valence-electron chi connectivity index (χ3n) is 2.61. The van der Waals surface area contributed by atoms with Gasteiger partial charge in [0.05, 0.1) is 0 Å². The number of nitrogen functional groups attached to an aromatic ring is 1. The summed E-state index contributed by atoms with van der Waals surface area (Å²) >= 11 is 0. The van der Waals surface area contributed by atoms with Crippen LogP contribution in [0, 0.1) is 19.7 Å². The Morgan fingerprint density at radius 2 is 1.94 bits per heavy atom. The van der Waals surface area contributed by atoms with Crippen molar-refractivity contribution in [1.29, 1.82) is 0 Å². The SMILES string of the molecule is Cc1cnc(Nc2cc(F)ccc2C)cc1N. The monoisotopic (exact) mass is 231 g/mol. The Morgan fingerprint density at radius 1 is 1.18 bits per heavy atom. The molecule has 17 heavy (non-hydrogen) atoms. The number of nitrogens with zero attached hydrogens (tertiary/aromatic N) is 1. The maximum atomic E-state index is 13.1. The molecule has 88 valence electrons. The average molecular weight is 231 g/mol. The second-order valence-corrected chi connectivity index (χ2v) is 4.01. The van der Waals surface area contributed by atoms with E-state index in [1.165, 1.54) is 12.1 Å². The number of nitrogens with one attached hydrogen (secondary N) is 1. The number of aromatic nitrogens is 1. The number of pyridine rings is 1. The Kier molecular flexibility index (Phi) is 2.95. The topological polar surface area (TPSA) is 50.9 Å². The zero-order chi connectivity index (χ0) is 12.4. The van der Waals surface area contributed by atoms with Gasteiger partial charge < -0.3 is 11.1 Å². The summed E-state index contributed by atoms with van der Waals surface area (Å²) in [7, 11) is 0. The molecule has 0 amide bonds. The Bertz CT molecular complexity index is 552. The predicted molar refractivity (Wildman–Crippen MR) is 67.8 cm³/mol. The molecule has 0 aliphatic rings. The molecule has 2 aromatic rings. The lowest BCUT2D eigenvalue weighted by atomic mass is 10.2. The molecular formula is C13H14FN3. The Hall–Kier alpha value is -2.10. The van der Waals surface area contributed by atoms with Crippen LogP contribution in [0.3, 0.4) is 0 Å². The first-order chi connectivity index (χ1) is 8.06. The number of anilines is 3. The molecule has 0 fully saturated rings. The van der Waals surface area contributed by atoms with Gasteiger partial charge in [0.25, 0.3) is 0 Å². The highest BCUT2D eigenvalue weighted by molar-refractivity contribution is 5.63. The summed E-state index contributed by atoms with van der Waals surface area (Å²) in [5, 5.41) is 3.05. The fourth-order valence-corrected chi connectivity index (χ4v) is 1.47. The van der Waals surface area contributed by atoms with Crippen molar-refractivity contribution >= 4 is 17.2 Å². The Labute approximate surface area is 99.5 Å². The first kappa shape index (κ1) is 11.4. The lowest BCUT2D eigenvalue weighted by molar-refractivity contribution is 0.628. The molecule has 1 heterocycles. The van der Waals surface area contributed by atoms with Gasteiger partial charge in [0.1, 0.15) is 11.6 Å². The summed E-state index contributed by atoms with van der Waals surface area (Å²) in [4.78, 5) is 4.19. The molecule has 1 aromatic carbocycles.